The number of aryl methyl sites for hydroxylation is 1. The molecule has 0 bridgehead atoms. The second-order valence-electron chi connectivity index (χ2n) is 6.71. The van der Waals surface area contributed by atoms with Gasteiger partial charge in [0, 0.05) is 17.0 Å². The molecule has 118 valence electrons. The van der Waals surface area contributed by atoms with E-state index in [1.54, 1.807) is 0 Å². The summed E-state index contributed by atoms with van der Waals surface area (Å²) in [5.74, 6) is 0.904. The second kappa shape index (κ2) is 5.00. The van der Waals surface area contributed by atoms with Crippen LogP contribution in [-0.2, 0) is 0 Å². The van der Waals surface area contributed by atoms with Gasteiger partial charge in [-0.2, -0.15) is 5.10 Å². The molecule has 4 heteroatoms. The van der Waals surface area contributed by atoms with Crippen LogP contribution in [-0.4, -0.2) is 16.4 Å². The van der Waals surface area contributed by atoms with E-state index in [0.29, 0.717) is 0 Å². The number of benzene rings is 2. The third-order valence-electron chi connectivity index (χ3n) is 4.54. The second-order valence-corrected chi connectivity index (χ2v) is 7.14. The quantitative estimate of drug-likeness (QED) is 0.742. The van der Waals surface area contributed by atoms with Crippen LogP contribution >= 0.6 is 11.6 Å². The molecule has 0 spiro atoms. The Morgan fingerprint density at radius 1 is 1.17 bits per heavy atom. The van der Waals surface area contributed by atoms with E-state index in [4.69, 9.17) is 21.4 Å². The number of hydrazone groups is 1. The Balaban J connectivity index is 1.77. The summed E-state index contributed by atoms with van der Waals surface area (Å²) < 4.78 is 6.15. The van der Waals surface area contributed by atoms with Crippen molar-refractivity contribution in [3.63, 3.8) is 0 Å². The fourth-order valence-electron chi connectivity index (χ4n) is 3.36. The van der Waals surface area contributed by atoms with E-state index in [1.165, 1.54) is 11.1 Å². The molecule has 3 nitrogen and oxygen atoms in total. The molecule has 0 radical (unpaired) electrons. The van der Waals surface area contributed by atoms with Crippen molar-refractivity contribution in [3.8, 4) is 5.75 Å². The van der Waals surface area contributed by atoms with E-state index in [2.05, 4.69) is 50.0 Å². The number of hydrogen-bond acceptors (Lipinski definition) is 3. The number of halogens is 1. The maximum atomic E-state index is 6.20. The van der Waals surface area contributed by atoms with Gasteiger partial charge >= 0.3 is 0 Å². The molecule has 0 aromatic heterocycles. The summed E-state index contributed by atoms with van der Waals surface area (Å²) >= 11 is 6.20. The van der Waals surface area contributed by atoms with Gasteiger partial charge in [0.1, 0.15) is 5.75 Å². The molecular formula is C19H19ClN2O. The van der Waals surface area contributed by atoms with Crippen LogP contribution in [0, 0.1) is 6.92 Å². The van der Waals surface area contributed by atoms with Crippen LogP contribution < -0.4 is 4.74 Å². The lowest BCUT2D eigenvalue weighted by Gasteiger charge is -2.43. The number of hydrogen-bond donors (Lipinski definition) is 0. The van der Waals surface area contributed by atoms with Gasteiger partial charge in [0.05, 0.1) is 11.8 Å². The number of rotatable bonds is 1. The minimum Gasteiger partial charge on any atom is -0.467 e. The maximum Gasteiger partial charge on any atom is 0.192 e. The van der Waals surface area contributed by atoms with E-state index in [0.717, 1.165) is 28.5 Å². The van der Waals surface area contributed by atoms with Gasteiger partial charge in [0.25, 0.3) is 0 Å². The van der Waals surface area contributed by atoms with Gasteiger partial charge in [0.2, 0.25) is 0 Å². The van der Waals surface area contributed by atoms with Crippen molar-refractivity contribution < 1.29 is 4.74 Å². The summed E-state index contributed by atoms with van der Waals surface area (Å²) in [5, 5.41) is 7.68. The first-order valence-electron chi connectivity index (χ1n) is 7.86. The molecule has 23 heavy (non-hydrogen) atoms. The molecule has 0 amide bonds. The van der Waals surface area contributed by atoms with Crippen molar-refractivity contribution in [3.05, 3.63) is 64.2 Å². The Kier molecular flexibility index (Phi) is 3.17. The maximum absolute atomic E-state index is 6.20. The number of fused-ring (bicyclic) bond motifs is 3. The van der Waals surface area contributed by atoms with Gasteiger partial charge in [-0.25, -0.2) is 5.01 Å². The van der Waals surface area contributed by atoms with Crippen LogP contribution in [0.1, 0.15) is 43.0 Å². The Hall–Kier alpha value is -2.00. The lowest BCUT2D eigenvalue weighted by molar-refractivity contribution is -0.0911. The van der Waals surface area contributed by atoms with E-state index in [9.17, 15) is 0 Å². The van der Waals surface area contributed by atoms with Crippen LogP contribution in [0.5, 0.6) is 5.75 Å². The first kappa shape index (κ1) is 14.6. The van der Waals surface area contributed by atoms with Gasteiger partial charge in [-0.15, -0.1) is 0 Å². The van der Waals surface area contributed by atoms with Crippen molar-refractivity contribution in [2.75, 3.05) is 0 Å². The van der Waals surface area contributed by atoms with E-state index in [-0.39, 0.29) is 6.04 Å². The van der Waals surface area contributed by atoms with Crippen LogP contribution in [0.25, 0.3) is 0 Å². The standard InChI is InChI=1S/C19H19ClN2O/c1-12-4-6-13(7-5-12)16-11-17-15-10-14(20)8-9-18(15)23-19(2,3)22(17)21-16/h4-10,17H,11H2,1-3H3/t17-/m0/s1. The van der Waals surface area contributed by atoms with Crippen LogP contribution in [0.3, 0.4) is 0 Å². The lowest BCUT2D eigenvalue weighted by Crippen LogP contribution is -2.48. The van der Waals surface area contributed by atoms with Gasteiger partial charge in [-0.3, -0.25) is 0 Å². The predicted molar refractivity (Wildman–Crippen MR) is 93.1 cm³/mol. The van der Waals surface area contributed by atoms with Crippen molar-refractivity contribution in [2.24, 2.45) is 5.10 Å². The summed E-state index contributed by atoms with van der Waals surface area (Å²) in [5.41, 5.74) is 4.16. The fraction of sp³-hybridized carbons (Fsp3) is 0.316. The molecule has 1 atom stereocenters. The minimum absolute atomic E-state index is 0.170. The topological polar surface area (TPSA) is 24.8 Å². The molecule has 0 saturated heterocycles. The highest BCUT2D eigenvalue weighted by molar-refractivity contribution is 6.30. The van der Waals surface area contributed by atoms with Gasteiger partial charge in [0.15, 0.2) is 5.72 Å². The van der Waals surface area contributed by atoms with Gasteiger partial charge in [-0.05, 0) is 44.5 Å². The SMILES string of the molecule is Cc1ccc(C2=NN3[C@@H](C2)c2cc(Cl)ccc2OC3(C)C)cc1. The summed E-state index contributed by atoms with van der Waals surface area (Å²) in [6.45, 7) is 6.21. The molecule has 2 aromatic rings. The highest BCUT2D eigenvalue weighted by Crippen LogP contribution is 2.47. The van der Waals surface area contributed by atoms with Gasteiger partial charge < -0.3 is 4.74 Å². The predicted octanol–water partition coefficient (Wildman–Crippen LogP) is 4.93. The molecule has 2 aliphatic heterocycles. The molecule has 0 fully saturated rings. The zero-order chi connectivity index (χ0) is 16.2. The molecular weight excluding hydrogens is 308 g/mol. The van der Waals surface area contributed by atoms with Crippen LogP contribution in [0.15, 0.2) is 47.6 Å². The van der Waals surface area contributed by atoms with Crippen molar-refractivity contribution in [1.82, 2.24) is 5.01 Å². The summed E-state index contributed by atoms with van der Waals surface area (Å²) in [6.07, 6.45) is 0.864. The van der Waals surface area contributed by atoms with E-state index in [1.807, 2.05) is 18.2 Å². The third-order valence-corrected chi connectivity index (χ3v) is 4.77. The molecule has 2 heterocycles. The Bertz CT molecular complexity index is 796. The largest absolute Gasteiger partial charge is 0.467 e. The average molecular weight is 327 g/mol. The molecule has 2 aromatic carbocycles. The molecule has 0 saturated carbocycles. The highest BCUT2D eigenvalue weighted by atomic mass is 35.5. The Morgan fingerprint density at radius 3 is 2.65 bits per heavy atom. The van der Waals surface area contributed by atoms with Crippen LogP contribution in [0.2, 0.25) is 5.02 Å². The number of ether oxygens (including phenoxy) is 1. The average Bonchev–Trinajstić information content (AvgIpc) is 2.95. The summed E-state index contributed by atoms with van der Waals surface area (Å²) in [7, 11) is 0. The smallest absolute Gasteiger partial charge is 0.192 e. The lowest BCUT2D eigenvalue weighted by atomic mass is 9.95. The van der Waals surface area contributed by atoms with E-state index >= 15 is 0 Å². The van der Waals surface area contributed by atoms with Crippen LogP contribution in [0.4, 0.5) is 0 Å². The zero-order valence-corrected chi connectivity index (χ0v) is 14.3. The molecule has 2 aliphatic rings. The molecule has 0 aliphatic carbocycles. The molecule has 0 N–H and O–H groups in total. The third kappa shape index (κ3) is 2.40. The monoisotopic (exact) mass is 326 g/mol. The first-order valence-corrected chi connectivity index (χ1v) is 8.24. The Labute approximate surface area is 141 Å². The zero-order valence-electron chi connectivity index (χ0n) is 13.5. The van der Waals surface area contributed by atoms with Crippen molar-refractivity contribution in [1.29, 1.82) is 0 Å². The summed E-state index contributed by atoms with van der Waals surface area (Å²) in [4.78, 5) is 0. The normalized spacial score (nSPS) is 21.3. The minimum atomic E-state index is -0.474. The molecule has 4 rings (SSSR count). The fourth-order valence-corrected chi connectivity index (χ4v) is 3.54. The van der Waals surface area contributed by atoms with Crippen molar-refractivity contribution >= 4 is 17.3 Å². The molecule has 0 unspecified atom stereocenters. The van der Waals surface area contributed by atoms with E-state index < -0.39 is 5.72 Å². The number of nitrogens with zero attached hydrogens (tertiary/aromatic N) is 2. The first-order chi connectivity index (χ1) is 10.9. The summed E-state index contributed by atoms with van der Waals surface area (Å²) in [6, 6.07) is 14.5. The van der Waals surface area contributed by atoms with Gasteiger partial charge in [-0.1, -0.05) is 41.4 Å². The highest BCUT2D eigenvalue weighted by Gasteiger charge is 2.44. The Morgan fingerprint density at radius 2 is 1.91 bits per heavy atom. The van der Waals surface area contributed by atoms with Crippen molar-refractivity contribution in [2.45, 2.75) is 39.0 Å².